The van der Waals surface area contributed by atoms with Crippen LogP contribution in [0, 0.1) is 6.92 Å². The van der Waals surface area contributed by atoms with Crippen molar-refractivity contribution in [3.05, 3.63) is 52.4 Å². The largest absolute Gasteiger partial charge is 0.374 e. The van der Waals surface area contributed by atoms with E-state index in [4.69, 9.17) is 9.72 Å². The Morgan fingerprint density at radius 2 is 2.20 bits per heavy atom. The lowest BCUT2D eigenvalue weighted by Gasteiger charge is -2.30. The zero-order chi connectivity index (χ0) is 17.4. The predicted molar refractivity (Wildman–Crippen MR) is 97.8 cm³/mol. The van der Waals surface area contributed by atoms with Crippen molar-refractivity contribution in [2.75, 3.05) is 26.7 Å². The van der Waals surface area contributed by atoms with Crippen molar-refractivity contribution < 1.29 is 4.74 Å². The Kier molecular flexibility index (Phi) is 4.15. The summed E-state index contributed by atoms with van der Waals surface area (Å²) >= 11 is 0. The van der Waals surface area contributed by atoms with Crippen molar-refractivity contribution in [3.8, 4) is 11.4 Å². The number of hydrogen-bond acceptors (Lipinski definition) is 4. The van der Waals surface area contributed by atoms with Crippen molar-refractivity contribution in [1.82, 2.24) is 19.4 Å². The van der Waals surface area contributed by atoms with Gasteiger partial charge in [0.1, 0.15) is 5.82 Å². The van der Waals surface area contributed by atoms with Crippen LogP contribution in [0.2, 0.25) is 0 Å². The maximum atomic E-state index is 11.7. The molecule has 0 saturated carbocycles. The minimum absolute atomic E-state index is 0.0661. The van der Waals surface area contributed by atoms with Crippen LogP contribution in [0.4, 0.5) is 0 Å². The lowest BCUT2D eigenvalue weighted by Crippen LogP contribution is -2.42. The summed E-state index contributed by atoms with van der Waals surface area (Å²) in [6.45, 7) is 5.16. The number of ether oxygens (including phenoxy) is 1. The van der Waals surface area contributed by atoms with Crippen molar-refractivity contribution in [2.24, 2.45) is 0 Å². The smallest absolute Gasteiger partial charge is 0.250 e. The van der Waals surface area contributed by atoms with Gasteiger partial charge in [-0.2, -0.15) is 0 Å². The molecule has 1 aromatic carbocycles. The number of nitrogens with zero attached hydrogens (tertiary/aromatic N) is 3. The molecule has 1 aliphatic rings. The second-order valence-electron chi connectivity index (χ2n) is 6.69. The van der Waals surface area contributed by atoms with Crippen LogP contribution in [0.15, 0.2) is 41.3 Å². The van der Waals surface area contributed by atoms with Gasteiger partial charge in [0, 0.05) is 30.4 Å². The number of rotatable bonds is 3. The first-order valence-corrected chi connectivity index (χ1v) is 8.57. The summed E-state index contributed by atoms with van der Waals surface area (Å²) in [4.78, 5) is 21.6. The highest BCUT2D eigenvalue weighted by atomic mass is 16.5. The molecule has 6 nitrogen and oxygen atoms in total. The van der Waals surface area contributed by atoms with Crippen molar-refractivity contribution in [3.63, 3.8) is 0 Å². The number of hydrogen-bond donors (Lipinski definition) is 1. The molecule has 0 radical (unpaired) electrons. The Balaban J connectivity index is 1.80. The van der Waals surface area contributed by atoms with Gasteiger partial charge in [-0.05, 0) is 32.2 Å². The predicted octanol–water partition coefficient (Wildman–Crippen LogP) is 2.03. The minimum atomic E-state index is -0.0661. The molecule has 1 aliphatic heterocycles. The van der Waals surface area contributed by atoms with Gasteiger partial charge in [0.25, 0.3) is 5.56 Å². The van der Waals surface area contributed by atoms with E-state index in [2.05, 4.69) is 27.6 Å². The summed E-state index contributed by atoms with van der Waals surface area (Å²) in [5.74, 6) is 0.859. The maximum absolute atomic E-state index is 11.7. The number of H-pyrrole nitrogens is 1. The fourth-order valence-corrected chi connectivity index (χ4v) is 3.39. The molecule has 1 fully saturated rings. The average molecular weight is 338 g/mol. The Hall–Kier alpha value is -2.44. The van der Waals surface area contributed by atoms with Crippen LogP contribution in [0.25, 0.3) is 22.4 Å². The zero-order valence-corrected chi connectivity index (χ0v) is 14.5. The third-order valence-electron chi connectivity index (χ3n) is 4.73. The minimum Gasteiger partial charge on any atom is -0.374 e. The number of likely N-dealkylation sites (N-methyl/N-ethyl adjacent to an activating group) is 1. The van der Waals surface area contributed by atoms with Crippen LogP contribution < -0.4 is 5.56 Å². The van der Waals surface area contributed by atoms with Gasteiger partial charge in [-0.15, -0.1) is 0 Å². The van der Waals surface area contributed by atoms with Crippen LogP contribution in [0.1, 0.15) is 5.56 Å². The molecule has 130 valence electrons. The maximum Gasteiger partial charge on any atom is 0.250 e. The molecule has 1 atom stereocenters. The van der Waals surface area contributed by atoms with Gasteiger partial charge < -0.3 is 19.2 Å². The normalized spacial score (nSPS) is 18.7. The Bertz CT molecular complexity index is 959. The summed E-state index contributed by atoms with van der Waals surface area (Å²) < 4.78 is 8.16. The number of fused-ring (bicyclic) bond motifs is 1. The van der Waals surface area contributed by atoms with E-state index in [1.54, 1.807) is 6.20 Å². The van der Waals surface area contributed by atoms with Gasteiger partial charge in [-0.3, -0.25) is 4.79 Å². The molecule has 2 aromatic heterocycles. The summed E-state index contributed by atoms with van der Waals surface area (Å²) in [6.07, 6.45) is 1.86. The first-order chi connectivity index (χ1) is 12.1. The number of aromatic nitrogens is 3. The molecule has 0 amide bonds. The molecule has 3 heterocycles. The molecule has 0 spiro atoms. The van der Waals surface area contributed by atoms with E-state index in [-0.39, 0.29) is 11.7 Å². The molecule has 25 heavy (non-hydrogen) atoms. The van der Waals surface area contributed by atoms with Gasteiger partial charge in [0.15, 0.2) is 0 Å². The van der Waals surface area contributed by atoms with E-state index in [9.17, 15) is 4.79 Å². The van der Waals surface area contributed by atoms with Gasteiger partial charge in [-0.25, -0.2) is 4.98 Å². The number of morpholine rings is 1. The number of imidazole rings is 1. The first-order valence-electron chi connectivity index (χ1n) is 8.57. The third kappa shape index (κ3) is 3.10. The van der Waals surface area contributed by atoms with Gasteiger partial charge in [-0.1, -0.05) is 12.1 Å². The molecule has 4 rings (SSSR count). The van der Waals surface area contributed by atoms with E-state index < -0.39 is 0 Å². The first kappa shape index (κ1) is 16.1. The second kappa shape index (κ2) is 6.46. The average Bonchev–Trinajstić information content (AvgIpc) is 2.96. The summed E-state index contributed by atoms with van der Waals surface area (Å²) in [6, 6.07) is 10.0. The van der Waals surface area contributed by atoms with Crippen LogP contribution in [0.3, 0.4) is 0 Å². The third-order valence-corrected chi connectivity index (χ3v) is 4.73. The van der Waals surface area contributed by atoms with Crippen LogP contribution in [-0.2, 0) is 11.3 Å². The van der Waals surface area contributed by atoms with Gasteiger partial charge in [0.2, 0.25) is 0 Å². The topological polar surface area (TPSA) is 63.1 Å². The molecular weight excluding hydrogens is 316 g/mol. The number of nitrogens with one attached hydrogen (secondary N) is 1. The monoisotopic (exact) mass is 338 g/mol. The zero-order valence-electron chi connectivity index (χ0n) is 14.5. The fourth-order valence-electron chi connectivity index (χ4n) is 3.39. The van der Waals surface area contributed by atoms with E-state index in [1.807, 2.05) is 31.2 Å². The van der Waals surface area contributed by atoms with E-state index >= 15 is 0 Å². The fraction of sp³-hybridized carbons (Fsp3) is 0.368. The van der Waals surface area contributed by atoms with Crippen molar-refractivity contribution in [1.29, 1.82) is 0 Å². The highest BCUT2D eigenvalue weighted by Crippen LogP contribution is 2.25. The van der Waals surface area contributed by atoms with E-state index in [0.29, 0.717) is 5.56 Å². The van der Waals surface area contributed by atoms with Crippen LogP contribution in [-0.4, -0.2) is 52.3 Å². The van der Waals surface area contributed by atoms with Gasteiger partial charge in [0.05, 0.1) is 30.3 Å². The number of aryl methyl sites for hydroxylation is 1. The number of pyridine rings is 1. The molecule has 6 heteroatoms. The number of para-hydroxylation sites is 2. The van der Waals surface area contributed by atoms with Crippen LogP contribution in [0.5, 0.6) is 0 Å². The molecule has 0 bridgehead atoms. The quantitative estimate of drug-likeness (QED) is 0.794. The highest BCUT2D eigenvalue weighted by molar-refractivity contribution is 5.80. The molecule has 3 aromatic rings. The summed E-state index contributed by atoms with van der Waals surface area (Å²) in [7, 11) is 2.12. The Labute approximate surface area is 146 Å². The molecular formula is C19H22N4O2. The molecule has 1 N–H and O–H groups in total. The Morgan fingerprint density at radius 3 is 3.00 bits per heavy atom. The Morgan fingerprint density at radius 1 is 1.36 bits per heavy atom. The summed E-state index contributed by atoms with van der Waals surface area (Å²) in [5, 5.41) is 0. The standard InChI is InChI=1S/C19H22N4O2/c1-13-9-14(10-20-19(13)24)18-21-16-5-3-4-6-17(16)23(18)12-15-11-22(2)7-8-25-15/h3-6,9-10,15H,7-8,11-12H2,1-2H3,(H,20,24). The molecule has 0 aliphatic carbocycles. The van der Waals surface area contributed by atoms with E-state index in [0.717, 1.165) is 48.7 Å². The van der Waals surface area contributed by atoms with Crippen molar-refractivity contribution >= 4 is 11.0 Å². The SMILES string of the molecule is Cc1cc(-c2nc3ccccc3n2CC2CN(C)CCO2)c[nH]c1=O. The number of aromatic amines is 1. The van der Waals surface area contributed by atoms with Gasteiger partial charge >= 0.3 is 0 Å². The lowest BCUT2D eigenvalue weighted by molar-refractivity contribution is -0.0267. The highest BCUT2D eigenvalue weighted by Gasteiger charge is 2.21. The second-order valence-corrected chi connectivity index (χ2v) is 6.69. The lowest BCUT2D eigenvalue weighted by atomic mass is 10.2. The van der Waals surface area contributed by atoms with Crippen molar-refractivity contribution in [2.45, 2.75) is 19.6 Å². The number of benzene rings is 1. The molecule has 1 saturated heterocycles. The summed E-state index contributed by atoms with van der Waals surface area (Å²) in [5.41, 5.74) is 3.56. The van der Waals surface area contributed by atoms with E-state index in [1.165, 1.54) is 0 Å². The molecule has 1 unspecified atom stereocenters. The van der Waals surface area contributed by atoms with Crippen LogP contribution >= 0.6 is 0 Å².